The SMILES string of the molecule is Cc1ccc(C)c(CSc2nc(N)c(NC(=O)c3ccccc3)c(=O)[nH]2)c1. The highest BCUT2D eigenvalue weighted by Crippen LogP contribution is 2.23. The number of H-pyrrole nitrogens is 1. The van der Waals surface area contributed by atoms with Crippen molar-refractivity contribution >= 4 is 29.2 Å². The minimum Gasteiger partial charge on any atom is -0.382 e. The molecular weight excluding hydrogens is 360 g/mol. The lowest BCUT2D eigenvalue weighted by Gasteiger charge is -2.09. The van der Waals surface area contributed by atoms with Crippen molar-refractivity contribution in [2.24, 2.45) is 0 Å². The molecule has 1 aromatic heterocycles. The Bertz CT molecular complexity index is 1030. The molecule has 1 heterocycles. The zero-order valence-electron chi connectivity index (χ0n) is 15.1. The molecule has 0 aliphatic heterocycles. The second-order valence-corrected chi connectivity index (χ2v) is 7.13. The number of hydrogen-bond acceptors (Lipinski definition) is 5. The molecule has 4 N–H and O–H groups in total. The van der Waals surface area contributed by atoms with Crippen molar-refractivity contribution in [2.75, 3.05) is 11.1 Å². The Hall–Kier alpha value is -3.06. The smallest absolute Gasteiger partial charge is 0.277 e. The van der Waals surface area contributed by atoms with Gasteiger partial charge in [-0.15, -0.1) is 0 Å². The first-order chi connectivity index (χ1) is 12.9. The fourth-order valence-electron chi connectivity index (χ4n) is 2.54. The van der Waals surface area contributed by atoms with Crippen molar-refractivity contribution < 1.29 is 4.79 Å². The van der Waals surface area contributed by atoms with Crippen LogP contribution in [-0.2, 0) is 5.75 Å². The highest BCUT2D eigenvalue weighted by Gasteiger charge is 2.14. The summed E-state index contributed by atoms with van der Waals surface area (Å²) in [6, 6.07) is 14.8. The number of carbonyl (C=O) groups excluding carboxylic acids is 1. The van der Waals surface area contributed by atoms with Crippen LogP contribution in [0.25, 0.3) is 0 Å². The van der Waals surface area contributed by atoms with Gasteiger partial charge in [-0.3, -0.25) is 14.6 Å². The monoisotopic (exact) mass is 380 g/mol. The van der Waals surface area contributed by atoms with Crippen LogP contribution < -0.4 is 16.6 Å². The lowest BCUT2D eigenvalue weighted by atomic mass is 10.1. The zero-order chi connectivity index (χ0) is 19.4. The molecule has 1 amide bonds. The van der Waals surface area contributed by atoms with Crippen molar-refractivity contribution in [2.45, 2.75) is 24.8 Å². The number of benzene rings is 2. The summed E-state index contributed by atoms with van der Waals surface area (Å²) in [6.45, 7) is 4.08. The molecule has 0 unspecified atom stereocenters. The third kappa shape index (κ3) is 4.57. The number of aromatic amines is 1. The minimum absolute atomic E-state index is 0.00787. The molecule has 0 spiro atoms. The second kappa shape index (κ2) is 8.09. The van der Waals surface area contributed by atoms with E-state index in [0.29, 0.717) is 16.5 Å². The Kier molecular flexibility index (Phi) is 5.61. The number of amides is 1. The molecule has 3 rings (SSSR count). The van der Waals surface area contributed by atoms with Crippen LogP contribution in [0.4, 0.5) is 11.5 Å². The molecule has 2 aromatic carbocycles. The number of nitrogens with two attached hydrogens (primary N) is 1. The average molecular weight is 380 g/mol. The number of thioether (sulfide) groups is 1. The number of nitrogens with one attached hydrogen (secondary N) is 2. The molecule has 0 saturated heterocycles. The molecule has 27 heavy (non-hydrogen) atoms. The molecule has 0 aliphatic rings. The molecule has 0 aliphatic carbocycles. The number of nitrogen functional groups attached to an aromatic ring is 1. The van der Waals surface area contributed by atoms with E-state index < -0.39 is 11.5 Å². The Morgan fingerprint density at radius 2 is 1.93 bits per heavy atom. The first kappa shape index (κ1) is 18.7. The largest absolute Gasteiger partial charge is 0.382 e. The number of anilines is 2. The fourth-order valence-corrected chi connectivity index (χ4v) is 3.47. The van der Waals surface area contributed by atoms with Gasteiger partial charge in [0.2, 0.25) is 0 Å². The van der Waals surface area contributed by atoms with E-state index in [-0.39, 0.29) is 11.5 Å². The molecule has 0 saturated carbocycles. The molecule has 7 heteroatoms. The Morgan fingerprint density at radius 3 is 2.63 bits per heavy atom. The van der Waals surface area contributed by atoms with Crippen LogP contribution in [0.15, 0.2) is 58.5 Å². The second-order valence-electron chi connectivity index (χ2n) is 6.17. The summed E-state index contributed by atoms with van der Waals surface area (Å²) in [6.07, 6.45) is 0. The number of hydrogen-bond donors (Lipinski definition) is 3. The van der Waals surface area contributed by atoms with Gasteiger partial charge in [-0.05, 0) is 37.1 Å². The van der Waals surface area contributed by atoms with Gasteiger partial charge in [0.05, 0.1) is 0 Å². The van der Waals surface area contributed by atoms with Crippen LogP contribution >= 0.6 is 11.8 Å². The maximum Gasteiger partial charge on any atom is 0.277 e. The van der Waals surface area contributed by atoms with Crippen LogP contribution in [0.3, 0.4) is 0 Å². The van der Waals surface area contributed by atoms with Crippen LogP contribution in [0.5, 0.6) is 0 Å². The van der Waals surface area contributed by atoms with Crippen LogP contribution in [0, 0.1) is 13.8 Å². The van der Waals surface area contributed by atoms with E-state index in [1.165, 1.54) is 28.5 Å². The van der Waals surface area contributed by atoms with Gasteiger partial charge in [-0.2, -0.15) is 0 Å². The third-order valence-corrected chi connectivity index (χ3v) is 4.99. The standard InChI is InChI=1S/C20H20N4O2S/c1-12-8-9-13(2)15(10-12)11-27-20-23-17(21)16(19(26)24-20)22-18(25)14-6-4-3-5-7-14/h3-10H,11H2,1-2H3,(H,22,25)(H3,21,23,24,26). The number of carbonyl (C=O) groups is 1. The summed E-state index contributed by atoms with van der Waals surface area (Å²) in [4.78, 5) is 31.5. The van der Waals surface area contributed by atoms with E-state index in [4.69, 9.17) is 5.73 Å². The first-order valence-corrected chi connectivity index (χ1v) is 9.37. The number of rotatable bonds is 5. The van der Waals surface area contributed by atoms with Crippen molar-refractivity contribution in [3.05, 3.63) is 81.1 Å². The number of aromatic nitrogens is 2. The van der Waals surface area contributed by atoms with Gasteiger partial charge in [-0.25, -0.2) is 4.98 Å². The highest BCUT2D eigenvalue weighted by atomic mass is 32.2. The fraction of sp³-hybridized carbons (Fsp3) is 0.150. The van der Waals surface area contributed by atoms with E-state index in [2.05, 4.69) is 33.5 Å². The number of nitrogens with zero attached hydrogens (tertiary/aromatic N) is 1. The van der Waals surface area contributed by atoms with Crippen molar-refractivity contribution in [3.8, 4) is 0 Å². The Balaban J connectivity index is 1.76. The predicted octanol–water partition coefficient (Wildman–Crippen LogP) is 3.51. The molecule has 0 radical (unpaired) electrons. The first-order valence-electron chi connectivity index (χ1n) is 8.39. The van der Waals surface area contributed by atoms with E-state index >= 15 is 0 Å². The van der Waals surface area contributed by atoms with Gasteiger partial charge in [0.25, 0.3) is 11.5 Å². The summed E-state index contributed by atoms with van der Waals surface area (Å²) in [7, 11) is 0. The molecule has 0 fully saturated rings. The van der Waals surface area contributed by atoms with Gasteiger partial charge in [-0.1, -0.05) is 53.7 Å². The van der Waals surface area contributed by atoms with Gasteiger partial charge in [0.15, 0.2) is 11.0 Å². The van der Waals surface area contributed by atoms with E-state index in [1.54, 1.807) is 24.3 Å². The van der Waals surface area contributed by atoms with Crippen LogP contribution in [-0.4, -0.2) is 15.9 Å². The molecule has 3 aromatic rings. The summed E-state index contributed by atoms with van der Waals surface area (Å²) >= 11 is 1.39. The van der Waals surface area contributed by atoms with E-state index in [9.17, 15) is 9.59 Å². The summed E-state index contributed by atoms with van der Waals surface area (Å²) < 4.78 is 0. The summed E-state index contributed by atoms with van der Waals surface area (Å²) in [5.74, 6) is 0.239. The maximum absolute atomic E-state index is 12.4. The maximum atomic E-state index is 12.4. The van der Waals surface area contributed by atoms with E-state index in [1.807, 2.05) is 19.9 Å². The third-order valence-electron chi connectivity index (χ3n) is 4.07. The van der Waals surface area contributed by atoms with Crippen molar-refractivity contribution in [1.29, 1.82) is 0 Å². The highest BCUT2D eigenvalue weighted by molar-refractivity contribution is 7.98. The van der Waals surface area contributed by atoms with Gasteiger partial charge in [0, 0.05) is 11.3 Å². The number of aryl methyl sites for hydroxylation is 2. The van der Waals surface area contributed by atoms with Gasteiger partial charge >= 0.3 is 0 Å². The van der Waals surface area contributed by atoms with E-state index in [0.717, 1.165) is 0 Å². The van der Waals surface area contributed by atoms with Crippen LogP contribution in [0.2, 0.25) is 0 Å². The lowest BCUT2D eigenvalue weighted by Crippen LogP contribution is -2.23. The molecule has 0 bridgehead atoms. The zero-order valence-corrected chi connectivity index (χ0v) is 15.9. The summed E-state index contributed by atoms with van der Waals surface area (Å²) in [5, 5.41) is 2.95. The quantitative estimate of drug-likeness (QED) is 0.464. The molecule has 6 nitrogen and oxygen atoms in total. The molecule has 138 valence electrons. The molecular formula is C20H20N4O2S. The Morgan fingerprint density at radius 1 is 1.19 bits per heavy atom. The normalized spacial score (nSPS) is 10.6. The Labute approximate surface area is 161 Å². The van der Waals surface area contributed by atoms with Gasteiger partial charge in [0.1, 0.15) is 5.69 Å². The lowest BCUT2D eigenvalue weighted by molar-refractivity contribution is 0.102. The predicted molar refractivity (Wildman–Crippen MR) is 109 cm³/mol. The van der Waals surface area contributed by atoms with Crippen LogP contribution in [0.1, 0.15) is 27.0 Å². The van der Waals surface area contributed by atoms with Crippen molar-refractivity contribution in [1.82, 2.24) is 9.97 Å². The summed E-state index contributed by atoms with van der Waals surface area (Å²) in [5.41, 5.74) is 9.35. The molecule has 0 atom stereocenters. The minimum atomic E-state index is -0.477. The van der Waals surface area contributed by atoms with Gasteiger partial charge < -0.3 is 11.1 Å². The average Bonchev–Trinajstić information content (AvgIpc) is 2.66. The topological polar surface area (TPSA) is 101 Å². The van der Waals surface area contributed by atoms with Crippen molar-refractivity contribution in [3.63, 3.8) is 0 Å².